The molecule has 164 valence electrons. The Kier molecular flexibility index (Phi) is 6.56. The molecule has 0 atom stereocenters. The number of carbonyl (C=O) groups is 2. The van der Waals surface area contributed by atoms with Crippen molar-refractivity contribution in [3.8, 4) is 5.75 Å². The number of hydrogen-bond donors (Lipinski definition) is 1. The first-order valence-electron chi connectivity index (χ1n) is 10.2. The first-order valence-corrected chi connectivity index (χ1v) is 10.6. The maximum atomic E-state index is 13.0. The van der Waals surface area contributed by atoms with Crippen molar-refractivity contribution in [2.75, 3.05) is 43.5 Å². The lowest BCUT2D eigenvalue weighted by Gasteiger charge is -2.36. The number of nitrogens with one attached hydrogen (secondary N) is 1. The predicted octanol–water partition coefficient (Wildman–Crippen LogP) is 3.96. The first kappa shape index (κ1) is 21.6. The van der Waals surface area contributed by atoms with Crippen LogP contribution in [0, 0.1) is 0 Å². The van der Waals surface area contributed by atoms with Gasteiger partial charge >= 0.3 is 0 Å². The van der Waals surface area contributed by atoms with E-state index in [1.165, 1.54) is 6.20 Å². The lowest BCUT2D eigenvalue weighted by Crippen LogP contribution is -2.48. The predicted molar refractivity (Wildman–Crippen MR) is 125 cm³/mol. The van der Waals surface area contributed by atoms with Crippen molar-refractivity contribution in [3.05, 3.63) is 83.1 Å². The molecule has 1 aliphatic heterocycles. The van der Waals surface area contributed by atoms with E-state index in [4.69, 9.17) is 16.3 Å². The molecule has 2 heterocycles. The van der Waals surface area contributed by atoms with E-state index in [0.29, 0.717) is 53.8 Å². The molecule has 1 aromatic heterocycles. The number of methoxy groups -OCH3 is 1. The average molecular weight is 451 g/mol. The van der Waals surface area contributed by atoms with Gasteiger partial charge in [-0.2, -0.15) is 0 Å². The summed E-state index contributed by atoms with van der Waals surface area (Å²) in [5, 5.41) is 3.37. The molecule has 8 heteroatoms. The van der Waals surface area contributed by atoms with Crippen LogP contribution in [-0.4, -0.2) is 55.0 Å². The van der Waals surface area contributed by atoms with Gasteiger partial charge in [0.25, 0.3) is 11.8 Å². The van der Waals surface area contributed by atoms with Gasteiger partial charge in [0.1, 0.15) is 5.75 Å². The Hall–Kier alpha value is -3.58. The van der Waals surface area contributed by atoms with Gasteiger partial charge in [-0.05, 0) is 54.6 Å². The third-order valence-corrected chi connectivity index (χ3v) is 5.61. The van der Waals surface area contributed by atoms with E-state index < -0.39 is 0 Å². The average Bonchev–Trinajstić information content (AvgIpc) is 2.84. The molecule has 0 radical (unpaired) electrons. The van der Waals surface area contributed by atoms with Crippen molar-refractivity contribution < 1.29 is 14.3 Å². The van der Waals surface area contributed by atoms with Crippen LogP contribution in [0.15, 0.2) is 67.0 Å². The number of hydrogen-bond acceptors (Lipinski definition) is 5. The van der Waals surface area contributed by atoms with Crippen LogP contribution in [-0.2, 0) is 0 Å². The summed E-state index contributed by atoms with van der Waals surface area (Å²) in [7, 11) is 1.54. The molecule has 1 aliphatic rings. The number of pyridine rings is 1. The molecule has 0 saturated carbocycles. The van der Waals surface area contributed by atoms with Gasteiger partial charge in [-0.25, -0.2) is 0 Å². The Bertz CT molecular complexity index is 1100. The maximum absolute atomic E-state index is 13.0. The minimum atomic E-state index is -0.200. The van der Waals surface area contributed by atoms with Gasteiger partial charge in [0.15, 0.2) is 0 Å². The molecule has 7 nitrogen and oxygen atoms in total. The Balaban J connectivity index is 1.36. The first-order chi connectivity index (χ1) is 15.5. The number of carbonyl (C=O) groups excluding carboxylic acids is 2. The molecule has 0 aliphatic carbocycles. The van der Waals surface area contributed by atoms with Gasteiger partial charge < -0.3 is 19.9 Å². The Morgan fingerprint density at radius 3 is 2.44 bits per heavy atom. The van der Waals surface area contributed by atoms with Crippen LogP contribution in [0.5, 0.6) is 5.75 Å². The smallest absolute Gasteiger partial charge is 0.257 e. The summed E-state index contributed by atoms with van der Waals surface area (Å²) in [6.07, 6.45) is 3.16. The zero-order valence-electron chi connectivity index (χ0n) is 17.6. The number of piperazine rings is 1. The number of nitrogens with zero attached hydrogens (tertiary/aromatic N) is 3. The van der Waals surface area contributed by atoms with Gasteiger partial charge in [0.2, 0.25) is 0 Å². The molecule has 1 N–H and O–H groups in total. The van der Waals surface area contributed by atoms with Crippen molar-refractivity contribution in [2.24, 2.45) is 0 Å². The summed E-state index contributed by atoms with van der Waals surface area (Å²) >= 11 is 6.08. The summed E-state index contributed by atoms with van der Waals surface area (Å²) in [5.74, 6) is 0.234. The Labute approximate surface area is 191 Å². The highest BCUT2D eigenvalue weighted by molar-refractivity contribution is 6.31. The number of aromatic nitrogens is 1. The monoisotopic (exact) mass is 450 g/mol. The van der Waals surface area contributed by atoms with Crippen LogP contribution in [0.2, 0.25) is 5.02 Å². The van der Waals surface area contributed by atoms with Crippen LogP contribution in [0.4, 0.5) is 11.4 Å². The largest absolute Gasteiger partial charge is 0.496 e. The zero-order chi connectivity index (χ0) is 22.5. The minimum absolute atomic E-state index is 0.0857. The highest BCUT2D eigenvalue weighted by Gasteiger charge is 2.24. The standard InChI is InChI=1S/C24H23ClN4O3/c1-32-22-9-4-18(25)15-21(22)24(31)29-13-11-28(12-14-29)20-7-5-19(6-8-20)27-23(30)17-3-2-10-26-16-17/h2-10,15-16H,11-14H2,1H3,(H,27,30). The number of amides is 2. The number of benzene rings is 2. The maximum Gasteiger partial charge on any atom is 0.257 e. The molecule has 0 unspecified atom stereocenters. The minimum Gasteiger partial charge on any atom is -0.496 e. The fourth-order valence-corrected chi connectivity index (χ4v) is 3.81. The van der Waals surface area contributed by atoms with E-state index in [9.17, 15) is 9.59 Å². The van der Waals surface area contributed by atoms with Gasteiger partial charge in [0, 0.05) is 55.0 Å². The van der Waals surface area contributed by atoms with Crippen LogP contribution in [0.1, 0.15) is 20.7 Å². The quantitative estimate of drug-likeness (QED) is 0.636. The second-order valence-corrected chi connectivity index (χ2v) is 7.80. The molecular formula is C24H23ClN4O3. The Morgan fingerprint density at radius 1 is 1.03 bits per heavy atom. The molecule has 0 spiro atoms. The van der Waals surface area contributed by atoms with Gasteiger partial charge in [-0.15, -0.1) is 0 Å². The third kappa shape index (κ3) is 4.84. The van der Waals surface area contributed by atoms with Crippen molar-refractivity contribution in [1.29, 1.82) is 0 Å². The van der Waals surface area contributed by atoms with E-state index in [-0.39, 0.29) is 11.8 Å². The fourth-order valence-electron chi connectivity index (χ4n) is 3.64. The molecule has 1 fully saturated rings. The van der Waals surface area contributed by atoms with Crippen LogP contribution in [0.25, 0.3) is 0 Å². The zero-order valence-corrected chi connectivity index (χ0v) is 18.4. The highest BCUT2D eigenvalue weighted by Crippen LogP contribution is 2.25. The number of halogens is 1. The lowest BCUT2D eigenvalue weighted by molar-refractivity contribution is 0.0743. The molecule has 32 heavy (non-hydrogen) atoms. The molecule has 3 aromatic rings. The summed E-state index contributed by atoms with van der Waals surface area (Å²) in [6.45, 7) is 2.59. The number of ether oxygens (including phenoxy) is 1. The second kappa shape index (κ2) is 9.70. The van der Waals surface area contributed by atoms with E-state index in [0.717, 1.165) is 5.69 Å². The number of rotatable bonds is 5. The normalized spacial score (nSPS) is 13.6. The summed E-state index contributed by atoms with van der Waals surface area (Å²) in [4.78, 5) is 33.2. The molecular weight excluding hydrogens is 428 g/mol. The van der Waals surface area contributed by atoms with Crippen LogP contribution < -0.4 is 15.0 Å². The van der Waals surface area contributed by atoms with Crippen LogP contribution >= 0.6 is 11.6 Å². The molecule has 2 amide bonds. The van der Waals surface area contributed by atoms with E-state index >= 15 is 0 Å². The topological polar surface area (TPSA) is 74.8 Å². The third-order valence-electron chi connectivity index (χ3n) is 5.37. The SMILES string of the molecule is COc1ccc(Cl)cc1C(=O)N1CCN(c2ccc(NC(=O)c3cccnc3)cc2)CC1. The van der Waals surface area contributed by atoms with E-state index in [2.05, 4.69) is 15.2 Å². The van der Waals surface area contributed by atoms with E-state index in [1.807, 2.05) is 29.2 Å². The van der Waals surface area contributed by atoms with Crippen molar-refractivity contribution in [2.45, 2.75) is 0 Å². The van der Waals surface area contributed by atoms with Crippen molar-refractivity contribution in [1.82, 2.24) is 9.88 Å². The second-order valence-electron chi connectivity index (χ2n) is 7.37. The number of anilines is 2. The van der Waals surface area contributed by atoms with Crippen LogP contribution in [0.3, 0.4) is 0 Å². The summed E-state index contributed by atoms with van der Waals surface area (Å²) in [6, 6.07) is 16.2. The highest BCUT2D eigenvalue weighted by atomic mass is 35.5. The molecule has 1 saturated heterocycles. The van der Waals surface area contributed by atoms with Crippen molar-refractivity contribution in [3.63, 3.8) is 0 Å². The summed E-state index contributed by atoms with van der Waals surface area (Å²) < 4.78 is 5.32. The van der Waals surface area contributed by atoms with Gasteiger partial charge in [-0.3, -0.25) is 14.6 Å². The van der Waals surface area contributed by atoms with Crippen molar-refractivity contribution >= 4 is 34.8 Å². The Morgan fingerprint density at radius 2 is 1.78 bits per heavy atom. The molecule has 0 bridgehead atoms. The lowest BCUT2D eigenvalue weighted by atomic mass is 10.1. The molecule has 4 rings (SSSR count). The van der Waals surface area contributed by atoms with Gasteiger partial charge in [0.05, 0.1) is 18.2 Å². The van der Waals surface area contributed by atoms with E-state index in [1.54, 1.807) is 43.6 Å². The summed E-state index contributed by atoms with van der Waals surface area (Å²) in [5.41, 5.74) is 2.73. The molecule has 2 aromatic carbocycles. The van der Waals surface area contributed by atoms with Gasteiger partial charge in [-0.1, -0.05) is 11.6 Å². The fraction of sp³-hybridized carbons (Fsp3) is 0.208.